The smallest absolute Gasteiger partial charge is 0.410 e. The second-order valence-corrected chi connectivity index (χ2v) is 17.4. The Balaban J connectivity index is 2.41. The average Bonchev–Trinajstić information content (AvgIpc) is 2.77. The van der Waals surface area contributed by atoms with Gasteiger partial charge in [0.2, 0.25) is 0 Å². The number of hydrogen-bond acceptors (Lipinski definition) is 6. The lowest BCUT2D eigenvalue weighted by Crippen LogP contribution is -2.55. The number of aliphatic hydroxyl groups excluding tert-OH is 1. The van der Waals surface area contributed by atoms with Gasteiger partial charge in [0.1, 0.15) is 5.60 Å². The number of aliphatic hydroxyl groups is 1. The van der Waals surface area contributed by atoms with Gasteiger partial charge >= 0.3 is 12.1 Å². The molecule has 36 heavy (non-hydrogen) atoms. The topological polar surface area (TPSA) is 85.3 Å². The molecule has 1 N–H and O–H groups in total. The van der Waals surface area contributed by atoms with Crippen LogP contribution in [-0.4, -0.2) is 68.9 Å². The van der Waals surface area contributed by atoms with Crippen LogP contribution in [0.4, 0.5) is 4.79 Å². The second kappa shape index (κ2) is 12.1. The van der Waals surface area contributed by atoms with Crippen LogP contribution >= 0.6 is 0 Å². The summed E-state index contributed by atoms with van der Waals surface area (Å²) in [5, 5.41) is 11.3. The molecule has 1 fully saturated rings. The molecule has 1 aliphatic rings. The summed E-state index contributed by atoms with van der Waals surface area (Å²) in [6.07, 6.45) is -1.22. The SMILES string of the molecule is COC(=O)c1ccc(C2C(O)CN(C(=O)OC(C)(C)C)CC2CO[Si](C(C)C)(C(C)C)C(C)C)cc1. The lowest BCUT2D eigenvalue weighted by molar-refractivity contribution is -0.0238. The zero-order valence-corrected chi connectivity index (χ0v) is 24.8. The van der Waals surface area contributed by atoms with Crippen LogP contribution in [0.1, 0.15) is 84.2 Å². The highest BCUT2D eigenvalue weighted by atomic mass is 28.4. The van der Waals surface area contributed by atoms with E-state index < -0.39 is 32.1 Å². The highest BCUT2D eigenvalue weighted by molar-refractivity contribution is 6.77. The third-order valence-electron chi connectivity index (χ3n) is 7.41. The Hall–Kier alpha value is -1.90. The summed E-state index contributed by atoms with van der Waals surface area (Å²) in [5.41, 5.74) is 2.02. The first-order valence-electron chi connectivity index (χ1n) is 13.1. The van der Waals surface area contributed by atoms with Gasteiger partial charge in [-0.1, -0.05) is 53.7 Å². The molecule has 1 aliphatic heterocycles. The van der Waals surface area contributed by atoms with Gasteiger partial charge in [-0.25, -0.2) is 9.59 Å². The van der Waals surface area contributed by atoms with Crippen LogP contribution in [0.2, 0.25) is 16.6 Å². The minimum atomic E-state index is -2.16. The summed E-state index contributed by atoms with van der Waals surface area (Å²) in [7, 11) is -0.803. The molecule has 0 aliphatic carbocycles. The maximum absolute atomic E-state index is 12.9. The average molecular weight is 522 g/mol. The number of β-amino-alcohol motifs (C(OH)–C–C–N with tert-alkyl or cyclic N) is 1. The van der Waals surface area contributed by atoms with Gasteiger partial charge in [0.05, 0.1) is 25.3 Å². The Morgan fingerprint density at radius 3 is 1.97 bits per heavy atom. The summed E-state index contributed by atoms with van der Waals surface area (Å²) >= 11 is 0. The van der Waals surface area contributed by atoms with Crippen LogP contribution < -0.4 is 0 Å². The number of carbonyl (C=O) groups excluding carboxylic acids is 2. The molecule has 1 aromatic rings. The Labute approximate surface area is 218 Å². The first kappa shape index (κ1) is 30.3. The van der Waals surface area contributed by atoms with E-state index in [-0.39, 0.29) is 18.4 Å². The van der Waals surface area contributed by atoms with Gasteiger partial charge in [-0.2, -0.15) is 0 Å². The van der Waals surface area contributed by atoms with Crippen molar-refractivity contribution in [2.75, 3.05) is 26.8 Å². The molecule has 0 bridgehead atoms. The third-order valence-corrected chi connectivity index (χ3v) is 13.5. The van der Waals surface area contributed by atoms with Gasteiger partial charge in [0, 0.05) is 25.0 Å². The third kappa shape index (κ3) is 6.89. The second-order valence-electron chi connectivity index (χ2n) is 12.0. The highest BCUT2D eigenvalue weighted by Crippen LogP contribution is 2.44. The van der Waals surface area contributed by atoms with Crippen LogP contribution in [-0.2, 0) is 13.9 Å². The lowest BCUT2D eigenvalue weighted by Gasteiger charge is -2.46. The monoisotopic (exact) mass is 521 g/mol. The summed E-state index contributed by atoms with van der Waals surface area (Å²) < 4.78 is 17.4. The van der Waals surface area contributed by atoms with Crippen molar-refractivity contribution in [2.45, 2.75) is 96.6 Å². The van der Waals surface area contributed by atoms with Crippen molar-refractivity contribution in [2.24, 2.45) is 5.92 Å². The van der Waals surface area contributed by atoms with Crippen LogP contribution in [0.3, 0.4) is 0 Å². The highest BCUT2D eigenvalue weighted by Gasteiger charge is 2.47. The number of piperidine rings is 1. The number of rotatable bonds is 8. The van der Waals surface area contributed by atoms with E-state index in [0.29, 0.717) is 35.3 Å². The minimum Gasteiger partial charge on any atom is -0.465 e. The first-order chi connectivity index (χ1) is 16.6. The molecule has 0 radical (unpaired) electrons. The lowest BCUT2D eigenvalue weighted by atomic mass is 9.79. The first-order valence-corrected chi connectivity index (χ1v) is 15.3. The predicted octanol–water partition coefficient (Wildman–Crippen LogP) is 5.98. The van der Waals surface area contributed by atoms with Crippen LogP contribution in [0.25, 0.3) is 0 Å². The number of benzene rings is 1. The largest absolute Gasteiger partial charge is 0.465 e. The molecule has 8 heteroatoms. The molecule has 1 heterocycles. The molecule has 1 amide bonds. The summed E-state index contributed by atoms with van der Waals surface area (Å²) in [6.45, 7) is 20.1. The summed E-state index contributed by atoms with van der Waals surface area (Å²) in [5.74, 6) is -0.773. The zero-order chi connectivity index (χ0) is 27.4. The molecule has 3 atom stereocenters. The Morgan fingerprint density at radius 1 is 1.00 bits per heavy atom. The summed E-state index contributed by atoms with van der Waals surface area (Å²) in [6, 6.07) is 7.19. The van der Waals surface area contributed by atoms with Crippen molar-refractivity contribution in [3.63, 3.8) is 0 Å². The van der Waals surface area contributed by atoms with E-state index in [1.165, 1.54) is 7.11 Å². The normalized spacial score (nSPS) is 21.3. The molecule has 1 aromatic carbocycles. The van der Waals surface area contributed by atoms with E-state index in [0.717, 1.165) is 5.56 Å². The molecular formula is C28H47NO6Si. The van der Waals surface area contributed by atoms with Gasteiger partial charge in [-0.3, -0.25) is 0 Å². The van der Waals surface area contributed by atoms with Crippen molar-refractivity contribution in [3.05, 3.63) is 35.4 Å². The van der Waals surface area contributed by atoms with E-state index in [1.54, 1.807) is 17.0 Å². The molecule has 2 rings (SSSR count). The fourth-order valence-corrected chi connectivity index (χ4v) is 11.5. The number of methoxy groups -OCH3 is 1. The predicted molar refractivity (Wildman–Crippen MR) is 145 cm³/mol. The number of amides is 1. The van der Waals surface area contributed by atoms with E-state index in [1.807, 2.05) is 32.9 Å². The van der Waals surface area contributed by atoms with Gasteiger partial charge in [-0.15, -0.1) is 0 Å². The number of ether oxygens (including phenoxy) is 2. The molecule has 3 unspecified atom stereocenters. The Morgan fingerprint density at radius 2 is 1.53 bits per heavy atom. The number of nitrogens with zero attached hydrogens (tertiary/aromatic N) is 1. The van der Waals surface area contributed by atoms with Gasteiger partial charge < -0.3 is 23.9 Å². The molecule has 1 saturated heterocycles. The molecule has 0 aromatic heterocycles. The van der Waals surface area contributed by atoms with Crippen LogP contribution in [0, 0.1) is 5.92 Å². The van der Waals surface area contributed by atoms with Crippen molar-refractivity contribution < 1.29 is 28.6 Å². The quantitative estimate of drug-likeness (QED) is 0.335. The van der Waals surface area contributed by atoms with Gasteiger partial charge in [-0.05, 0) is 55.1 Å². The van der Waals surface area contributed by atoms with Crippen molar-refractivity contribution >= 4 is 20.4 Å². The van der Waals surface area contributed by atoms with Gasteiger partial charge in [0.15, 0.2) is 8.32 Å². The zero-order valence-electron chi connectivity index (χ0n) is 23.8. The van der Waals surface area contributed by atoms with Crippen LogP contribution in [0.5, 0.6) is 0 Å². The number of likely N-dealkylation sites (tertiary alicyclic amines) is 1. The molecular weight excluding hydrogens is 474 g/mol. The fourth-order valence-electron chi connectivity index (χ4n) is 5.96. The number of hydrogen-bond donors (Lipinski definition) is 1. The molecule has 0 saturated carbocycles. The van der Waals surface area contributed by atoms with E-state index >= 15 is 0 Å². The summed E-state index contributed by atoms with van der Waals surface area (Å²) in [4.78, 5) is 26.5. The maximum Gasteiger partial charge on any atom is 0.410 e. The van der Waals surface area contributed by atoms with Crippen LogP contribution in [0.15, 0.2) is 24.3 Å². The van der Waals surface area contributed by atoms with Crippen molar-refractivity contribution in [1.82, 2.24) is 4.90 Å². The maximum atomic E-state index is 12.9. The van der Waals surface area contributed by atoms with E-state index in [9.17, 15) is 14.7 Å². The van der Waals surface area contributed by atoms with Crippen molar-refractivity contribution in [1.29, 1.82) is 0 Å². The van der Waals surface area contributed by atoms with Gasteiger partial charge in [0.25, 0.3) is 0 Å². The fraction of sp³-hybridized carbons (Fsp3) is 0.714. The molecule has 7 nitrogen and oxygen atoms in total. The number of carbonyl (C=O) groups is 2. The Bertz CT molecular complexity index is 855. The van der Waals surface area contributed by atoms with E-state index in [2.05, 4.69) is 41.5 Å². The molecule has 0 spiro atoms. The van der Waals surface area contributed by atoms with E-state index in [4.69, 9.17) is 13.9 Å². The standard InChI is InChI=1S/C28H47NO6Si/c1-18(2)36(19(3)4,20(5)6)34-17-23-15-29(27(32)35-28(7,8)9)16-24(30)25(23)21-11-13-22(14-12-21)26(31)33-10/h11-14,18-20,23-25,30H,15-17H2,1-10H3. The minimum absolute atomic E-state index is 0.131. The number of esters is 1. The molecule has 204 valence electrons. The Kier molecular flexibility index (Phi) is 10.2. The van der Waals surface area contributed by atoms with Crippen molar-refractivity contribution in [3.8, 4) is 0 Å².